The lowest BCUT2D eigenvalue weighted by Crippen LogP contribution is -2.25. The summed E-state index contributed by atoms with van der Waals surface area (Å²) in [6.07, 6.45) is 0.660. The van der Waals surface area contributed by atoms with Crippen molar-refractivity contribution in [2.45, 2.75) is 38.1 Å². The molecule has 0 saturated carbocycles. The summed E-state index contributed by atoms with van der Waals surface area (Å²) >= 11 is 7.08. The Balaban J connectivity index is 1.80. The van der Waals surface area contributed by atoms with Crippen molar-refractivity contribution in [1.29, 1.82) is 0 Å². The van der Waals surface area contributed by atoms with Crippen LogP contribution in [0, 0.1) is 11.6 Å². The molecule has 0 bridgehead atoms. The summed E-state index contributed by atoms with van der Waals surface area (Å²) in [4.78, 5) is 29.9. The summed E-state index contributed by atoms with van der Waals surface area (Å²) in [5.74, 6) is -2.25. The monoisotopic (exact) mass is 481 g/mol. The minimum absolute atomic E-state index is 0.0768. The lowest BCUT2D eigenvalue weighted by molar-refractivity contribution is -0.113. The molecule has 0 spiro atoms. The van der Waals surface area contributed by atoms with Crippen LogP contribution in [0.4, 0.5) is 14.5 Å². The van der Waals surface area contributed by atoms with Gasteiger partial charge >= 0.3 is 0 Å². The highest BCUT2D eigenvalue weighted by Gasteiger charge is 2.15. The molecule has 0 aliphatic carbocycles. The molecule has 0 aliphatic heterocycles. The Kier molecular flexibility index (Phi) is 8.22. The fourth-order valence-electron chi connectivity index (χ4n) is 2.93. The average Bonchev–Trinajstić information content (AvgIpc) is 2.72. The van der Waals surface area contributed by atoms with Gasteiger partial charge in [0.25, 0.3) is 5.56 Å². The van der Waals surface area contributed by atoms with Crippen LogP contribution in [0.15, 0.2) is 46.3 Å². The van der Waals surface area contributed by atoms with Crippen LogP contribution in [0.25, 0.3) is 10.9 Å². The molecule has 32 heavy (non-hydrogen) atoms. The lowest BCUT2D eigenvalue weighted by Gasteiger charge is -2.14. The average molecular weight is 482 g/mol. The van der Waals surface area contributed by atoms with Gasteiger partial charge in [-0.15, -0.1) is 0 Å². The van der Waals surface area contributed by atoms with E-state index in [1.165, 1.54) is 4.57 Å². The highest BCUT2D eigenvalue weighted by atomic mass is 35.5. The van der Waals surface area contributed by atoms with E-state index in [0.717, 1.165) is 23.9 Å². The summed E-state index contributed by atoms with van der Waals surface area (Å²) < 4.78 is 33.9. The van der Waals surface area contributed by atoms with Crippen LogP contribution in [0.5, 0.6) is 0 Å². The van der Waals surface area contributed by atoms with E-state index in [2.05, 4.69) is 10.3 Å². The number of carbonyl (C=O) groups is 1. The largest absolute Gasteiger partial charge is 0.379 e. The number of carbonyl (C=O) groups excluding carboxylic acids is 1. The van der Waals surface area contributed by atoms with Gasteiger partial charge in [-0.2, -0.15) is 0 Å². The first-order valence-electron chi connectivity index (χ1n) is 9.94. The molecule has 6 nitrogen and oxygen atoms in total. The van der Waals surface area contributed by atoms with Crippen molar-refractivity contribution in [3.05, 3.63) is 63.4 Å². The zero-order chi connectivity index (χ0) is 23.3. The smallest absolute Gasteiger partial charge is 0.262 e. The maximum atomic E-state index is 13.8. The van der Waals surface area contributed by atoms with Crippen molar-refractivity contribution in [2.24, 2.45) is 0 Å². The van der Waals surface area contributed by atoms with Crippen LogP contribution >= 0.6 is 23.4 Å². The fraction of sp³-hybridized carbons (Fsp3) is 0.318. The number of thioether (sulfide) groups is 1. The first-order chi connectivity index (χ1) is 15.2. The predicted octanol–water partition coefficient (Wildman–Crippen LogP) is 4.87. The van der Waals surface area contributed by atoms with Gasteiger partial charge in [-0.3, -0.25) is 14.2 Å². The molecule has 10 heteroatoms. The number of rotatable bonds is 9. The Bertz CT molecular complexity index is 1190. The van der Waals surface area contributed by atoms with Gasteiger partial charge in [0, 0.05) is 24.2 Å². The summed E-state index contributed by atoms with van der Waals surface area (Å²) in [6, 6.07) is 7.71. The fourth-order valence-corrected chi connectivity index (χ4v) is 3.92. The molecular weight excluding hydrogens is 460 g/mol. The third kappa shape index (κ3) is 6.27. The Hall–Kier alpha value is -2.49. The number of halogens is 3. The Morgan fingerprint density at radius 3 is 2.75 bits per heavy atom. The van der Waals surface area contributed by atoms with Crippen molar-refractivity contribution in [1.82, 2.24) is 9.55 Å². The Morgan fingerprint density at radius 1 is 1.25 bits per heavy atom. The number of fused-ring (bicyclic) bond motifs is 1. The van der Waals surface area contributed by atoms with Gasteiger partial charge in [-0.25, -0.2) is 13.8 Å². The van der Waals surface area contributed by atoms with Gasteiger partial charge in [0.1, 0.15) is 11.6 Å². The first-order valence-corrected chi connectivity index (χ1v) is 11.3. The standard InChI is InChI=1S/C22H22ClF2N3O3S/c1-13(2)31-9-3-8-28-21(30)16-6-4-14(23)10-19(16)27-22(28)32-12-20(29)26-18-7-5-15(24)11-17(18)25/h4-7,10-11,13H,3,8-9,12H2,1-2H3,(H,26,29). The SMILES string of the molecule is CC(C)OCCCn1c(SCC(=O)Nc2ccc(F)cc2F)nc2cc(Cl)ccc2c1=O. The summed E-state index contributed by atoms with van der Waals surface area (Å²) in [5, 5.41) is 3.59. The molecule has 0 fully saturated rings. The van der Waals surface area contributed by atoms with Gasteiger partial charge in [-0.1, -0.05) is 23.4 Å². The molecule has 0 radical (unpaired) electrons. The van der Waals surface area contributed by atoms with Crippen LogP contribution in [0.3, 0.4) is 0 Å². The predicted molar refractivity (Wildman–Crippen MR) is 122 cm³/mol. The van der Waals surface area contributed by atoms with Crippen molar-refractivity contribution >= 4 is 45.9 Å². The van der Waals surface area contributed by atoms with E-state index in [9.17, 15) is 18.4 Å². The molecule has 0 aliphatic rings. The summed E-state index contributed by atoms with van der Waals surface area (Å²) in [5.41, 5.74) is 0.0480. The van der Waals surface area contributed by atoms with E-state index in [1.807, 2.05) is 13.8 Å². The number of benzene rings is 2. The zero-order valence-electron chi connectivity index (χ0n) is 17.5. The second kappa shape index (κ2) is 10.9. The van der Waals surface area contributed by atoms with Gasteiger partial charge in [-0.05, 0) is 50.6 Å². The van der Waals surface area contributed by atoms with Crippen molar-refractivity contribution < 1.29 is 18.3 Å². The molecule has 1 aromatic heterocycles. The molecule has 1 N–H and O–H groups in total. The van der Waals surface area contributed by atoms with Gasteiger partial charge in [0.2, 0.25) is 5.91 Å². The number of ether oxygens (including phenoxy) is 1. The second-order valence-corrected chi connectivity index (χ2v) is 8.63. The summed E-state index contributed by atoms with van der Waals surface area (Å²) in [6.45, 7) is 4.68. The Morgan fingerprint density at radius 2 is 2.03 bits per heavy atom. The summed E-state index contributed by atoms with van der Waals surface area (Å²) in [7, 11) is 0. The van der Waals surface area contributed by atoms with Crippen molar-refractivity contribution in [3.63, 3.8) is 0 Å². The number of hydrogen-bond acceptors (Lipinski definition) is 5. The van der Waals surface area contributed by atoms with Crippen molar-refractivity contribution in [2.75, 3.05) is 17.7 Å². The maximum absolute atomic E-state index is 13.8. The van der Waals surface area contributed by atoms with E-state index in [0.29, 0.717) is 46.7 Å². The number of amides is 1. The number of aromatic nitrogens is 2. The molecule has 170 valence electrons. The lowest BCUT2D eigenvalue weighted by atomic mass is 10.2. The van der Waals surface area contributed by atoms with E-state index < -0.39 is 17.5 Å². The van der Waals surface area contributed by atoms with Crippen LogP contribution in [-0.4, -0.2) is 33.9 Å². The Labute approximate surface area is 192 Å². The molecule has 0 atom stereocenters. The molecule has 0 unspecified atom stereocenters. The van der Waals surface area contributed by atoms with Crippen LogP contribution < -0.4 is 10.9 Å². The van der Waals surface area contributed by atoms with Crippen LogP contribution in [0.1, 0.15) is 20.3 Å². The van der Waals surface area contributed by atoms with Gasteiger partial charge < -0.3 is 10.1 Å². The number of hydrogen-bond donors (Lipinski definition) is 1. The third-order valence-corrected chi connectivity index (χ3v) is 5.61. The molecule has 1 heterocycles. The van der Waals surface area contributed by atoms with E-state index in [1.54, 1.807) is 18.2 Å². The number of nitrogens with one attached hydrogen (secondary N) is 1. The number of anilines is 1. The zero-order valence-corrected chi connectivity index (χ0v) is 19.1. The van der Waals surface area contributed by atoms with E-state index in [-0.39, 0.29) is 23.1 Å². The van der Waals surface area contributed by atoms with Gasteiger partial charge in [0.05, 0.1) is 28.4 Å². The maximum Gasteiger partial charge on any atom is 0.262 e. The van der Waals surface area contributed by atoms with Crippen LogP contribution in [0.2, 0.25) is 5.02 Å². The molecule has 3 aromatic rings. The molecule has 1 amide bonds. The third-order valence-electron chi connectivity index (χ3n) is 4.40. The second-order valence-electron chi connectivity index (χ2n) is 7.25. The molecule has 3 rings (SSSR count). The highest BCUT2D eigenvalue weighted by molar-refractivity contribution is 7.99. The molecular formula is C22H22ClF2N3O3S. The molecule has 0 saturated heterocycles. The number of nitrogens with zero attached hydrogens (tertiary/aromatic N) is 2. The van der Waals surface area contributed by atoms with E-state index in [4.69, 9.17) is 16.3 Å². The minimum Gasteiger partial charge on any atom is -0.379 e. The van der Waals surface area contributed by atoms with Gasteiger partial charge in [0.15, 0.2) is 5.16 Å². The highest BCUT2D eigenvalue weighted by Crippen LogP contribution is 2.22. The van der Waals surface area contributed by atoms with E-state index >= 15 is 0 Å². The normalized spacial score (nSPS) is 11.3. The van der Waals surface area contributed by atoms with Crippen LogP contribution in [-0.2, 0) is 16.1 Å². The quantitative estimate of drug-likeness (QED) is 0.268. The minimum atomic E-state index is -0.871. The topological polar surface area (TPSA) is 73.2 Å². The van der Waals surface area contributed by atoms with Crippen molar-refractivity contribution in [3.8, 4) is 0 Å². The first kappa shape index (κ1) is 24.2. The molecule has 2 aromatic carbocycles.